The summed E-state index contributed by atoms with van der Waals surface area (Å²) in [6.07, 6.45) is 0. The molecule has 128 valence electrons. The Labute approximate surface area is 155 Å². The first-order valence-corrected chi connectivity index (χ1v) is 8.26. The van der Waals surface area contributed by atoms with Gasteiger partial charge in [-0.2, -0.15) is 0 Å². The van der Waals surface area contributed by atoms with Gasteiger partial charge in [-0.15, -0.1) is 0 Å². The topological polar surface area (TPSA) is 56.8 Å². The summed E-state index contributed by atoms with van der Waals surface area (Å²) in [5.41, 5.74) is 0.274. The van der Waals surface area contributed by atoms with Crippen molar-refractivity contribution in [2.75, 3.05) is 26.6 Å². The van der Waals surface area contributed by atoms with E-state index in [1.54, 1.807) is 6.07 Å². The largest absolute Gasteiger partial charge is 0.493 e. The van der Waals surface area contributed by atoms with E-state index in [0.29, 0.717) is 26.2 Å². The second-order valence-corrected chi connectivity index (χ2v) is 6.29. The average molecular weight is 463 g/mol. The molecule has 0 aromatic heterocycles. The van der Waals surface area contributed by atoms with E-state index in [-0.39, 0.29) is 11.3 Å². The summed E-state index contributed by atoms with van der Waals surface area (Å²) in [5, 5.41) is 2.52. The monoisotopic (exact) mass is 461 g/mol. The van der Waals surface area contributed by atoms with Crippen molar-refractivity contribution >= 4 is 43.5 Å². The molecule has 0 unspecified atom stereocenters. The quantitative estimate of drug-likeness (QED) is 0.703. The van der Waals surface area contributed by atoms with Crippen LogP contribution in [0.3, 0.4) is 0 Å². The first-order chi connectivity index (χ1) is 11.4. The van der Waals surface area contributed by atoms with Gasteiger partial charge in [-0.3, -0.25) is 4.79 Å². The maximum atomic E-state index is 13.9. The van der Waals surface area contributed by atoms with Gasteiger partial charge in [0.15, 0.2) is 11.5 Å². The zero-order valence-corrected chi connectivity index (χ0v) is 16.2. The van der Waals surface area contributed by atoms with Crippen LogP contribution in [0, 0.1) is 5.82 Å². The Kier molecular flexibility index (Phi) is 6.06. The molecular formula is C16H14Br2FNO4. The third-order valence-electron chi connectivity index (χ3n) is 3.19. The van der Waals surface area contributed by atoms with Gasteiger partial charge in [-0.05, 0) is 40.2 Å². The molecule has 0 atom stereocenters. The SMILES string of the molecule is COc1cc(C(=O)Nc2ccc(Br)cc2F)c(Br)c(OC)c1OC. The van der Waals surface area contributed by atoms with Crippen molar-refractivity contribution in [1.82, 2.24) is 0 Å². The van der Waals surface area contributed by atoms with Crippen molar-refractivity contribution in [2.24, 2.45) is 0 Å². The zero-order valence-electron chi connectivity index (χ0n) is 13.1. The van der Waals surface area contributed by atoms with Gasteiger partial charge in [-0.25, -0.2) is 4.39 Å². The molecule has 1 N–H and O–H groups in total. The Morgan fingerprint density at radius 3 is 2.25 bits per heavy atom. The van der Waals surface area contributed by atoms with Crippen LogP contribution in [0.1, 0.15) is 10.4 Å². The molecule has 2 aromatic carbocycles. The maximum Gasteiger partial charge on any atom is 0.257 e. The first-order valence-electron chi connectivity index (χ1n) is 6.67. The number of benzene rings is 2. The van der Waals surface area contributed by atoms with Crippen LogP contribution in [0.25, 0.3) is 0 Å². The lowest BCUT2D eigenvalue weighted by Crippen LogP contribution is -2.14. The van der Waals surface area contributed by atoms with Crippen LogP contribution < -0.4 is 19.5 Å². The van der Waals surface area contributed by atoms with E-state index in [2.05, 4.69) is 37.2 Å². The summed E-state index contributed by atoms with van der Waals surface area (Å²) in [6, 6.07) is 5.84. The van der Waals surface area contributed by atoms with Gasteiger partial charge in [0, 0.05) is 4.47 Å². The van der Waals surface area contributed by atoms with Crippen molar-refractivity contribution in [3.8, 4) is 17.2 Å². The number of hydrogen-bond acceptors (Lipinski definition) is 4. The predicted molar refractivity (Wildman–Crippen MR) is 95.9 cm³/mol. The van der Waals surface area contributed by atoms with E-state index in [0.717, 1.165) is 0 Å². The third-order valence-corrected chi connectivity index (χ3v) is 4.47. The highest BCUT2D eigenvalue weighted by molar-refractivity contribution is 9.10. The molecule has 0 spiro atoms. The van der Waals surface area contributed by atoms with Gasteiger partial charge in [0.2, 0.25) is 5.75 Å². The van der Waals surface area contributed by atoms with Crippen LogP contribution in [-0.4, -0.2) is 27.2 Å². The molecule has 24 heavy (non-hydrogen) atoms. The van der Waals surface area contributed by atoms with E-state index in [9.17, 15) is 9.18 Å². The number of carbonyl (C=O) groups is 1. The number of nitrogens with one attached hydrogen (secondary N) is 1. The van der Waals surface area contributed by atoms with Gasteiger partial charge < -0.3 is 19.5 Å². The average Bonchev–Trinajstić information content (AvgIpc) is 2.56. The molecule has 1 amide bonds. The third kappa shape index (κ3) is 3.64. The van der Waals surface area contributed by atoms with Gasteiger partial charge in [0.05, 0.1) is 37.1 Å². The van der Waals surface area contributed by atoms with Crippen molar-refractivity contribution in [1.29, 1.82) is 0 Å². The second-order valence-electron chi connectivity index (χ2n) is 4.59. The number of anilines is 1. The number of halogens is 3. The van der Waals surface area contributed by atoms with Crippen molar-refractivity contribution < 1.29 is 23.4 Å². The summed E-state index contributed by atoms with van der Waals surface area (Å²) < 4.78 is 30.6. The highest BCUT2D eigenvalue weighted by Crippen LogP contribution is 2.44. The highest BCUT2D eigenvalue weighted by atomic mass is 79.9. The van der Waals surface area contributed by atoms with E-state index in [1.807, 2.05) is 0 Å². The minimum atomic E-state index is -0.554. The number of carbonyl (C=O) groups excluding carboxylic acids is 1. The molecule has 0 saturated carbocycles. The van der Waals surface area contributed by atoms with Gasteiger partial charge in [-0.1, -0.05) is 15.9 Å². The zero-order chi connectivity index (χ0) is 17.9. The Balaban J connectivity index is 2.45. The smallest absolute Gasteiger partial charge is 0.257 e. The summed E-state index contributed by atoms with van der Waals surface area (Å²) in [5.74, 6) is -0.112. The predicted octanol–water partition coefficient (Wildman–Crippen LogP) is 4.63. The van der Waals surface area contributed by atoms with E-state index >= 15 is 0 Å². The Bertz CT molecular complexity index is 783. The number of hydrogen-bond donors (Lipinski definition) is 1. The lowest BCUT2D eigenvalue weighted by atomic mass is 10.1. The normalized spacial score (nSPS) is 10.2. The molecule has 0 aliphatic carbocycles. The molecule has 5 nitrogen and oxygen atoms in total. The Morgan fingerprint density at radius 1 is 1.04 bits per heavy atom. The van der Waals surface area contributed by atoms with Crippen LogP contribution in [-0.2, 0) is 0 Å². The fraction of sp³-hybridized carbons (Fsp3) is 0.188. The van der Waals surface area contributed by atoms with Gasteiger partial charge >= 0.3 is 0 Å². The van der Waals surface area contributed by atoms with Crippen molar-refractivity contribution in [3.63, 3.8) is 0 Å². The fourth-order valence-electron chi connectivity index (χ4n) is 2.07. The minimum absolute atomic E-state index is 0.0591. The number of rotatable bonds is 5. The molecule has 0 aliphatic rings. The van der Waals surface area contributed by atoms with Crippen LogP contribution in [0.4, 0.5) is 10.1 Å². The Morgan fingerprint density at radius 2 is 1.71 bits per heavy atom. The van der Waals surface area contributed by atoms with Crippen LogP contribution in [0.2, 0.25) is 0 Å². The second kappa shape index (κ2) is 7.85. The molecular weight excluding hydrogens is 449 g/mol. The summed E-state index contributed by atoms with van der Waals surface area (Å²) in [4.78, 5) is 12.5. The molecule has 0 bridgehead atoms. The maximum absolute atomic E-state index is 13.9. The number of amides is 1. The molecule has 0 radical (unpaired) electrons. The lowest BCUT2D eigenvalue weighted by Gasteiger charge is -2.16. The molecule has 2 aromatic rings. The van der Waals surface area contributed by atoms with E-state index in [1.165, 1.54) is 39.5 Å². The van der Waals surface area contributed by atoms with Gasteiger partial charge in [0.1, 0.15) is 5.82 Å². The number of methoxy groups -OCH3 is 3. The minimum Gasteiger partial charge on any atom is -0.493 e. The molecule has 0 aliphatic heterocycles. The van der Waals surface area contributed by atoms with Crippen molar-refractivity contribution in [3.05, 3.63) is 44.6 Å². The molecule has 8 heteroatoms. The summed E-state index contributed by atoms with van der Waals surface area (Å²) >= 11 is 6.48. The molecule has 2 rings (SSSR count). The molecule has 0 heterocycles. The van der Waals surface area contributed by atoms with Crippen LogP contribution in [0.5, 0.6) is 17.2 Å². The molecule has 0 fully saturated rings. The Hall–Kier alpha value is -1.80. The lowest BCUT2D eigenvalue weighted by molar-refractivity contribution is 0.102. The molecule has 0 saturated heterocycles. The summed E-state index contributed by atoms with van der Waals surface area (Å²) in [7, 11) is 4.35. The number of ether oxygens (including phenoxy) is 3. The van der Waals surface area contributed by atoms with E-state index < -0.39 is 11.7 Å². The van der Waals surface area contributed by atoms with E-state index in [4.69, 9.17) is 14.2 Å². The fourth-order valence-corrected chi connectivity index (χ4v) is 3.04. The van der Waals surface area contributed by atoms with Gasteiger partial charge in [0.25, 0.3) is 5.91 Å². The highest BCUT2D eigenvalue weighted by Gasteiger charge is 2.23. The van der Waals surface area contributed by atoms with Crippen molar-refractivity contribution in [2.45, 2.75) is 0 Å². The standard InChI is InChI=1S/C16H14Br2FNO4/c1-22-12-7-9(13(18)15(24-3)14(12)23-2)16(21)20-11-5-4-8(17)6-10(11)19/h4-7H,1-3H3,(H,20,21). The first kappa shape index (κ1) is 18.5. The summed E-state index contributed by atoms with van der Waals surface area (Å²) in [6.45, 7) is 0. The van der Waals surface area contributed by atoms with Crippen LogP contribution in [0.15, 0.2) is 33.2 Å². The van der Waals surface area contributed by atoms with Crippen LogP contribution >= 0.6 is 31.9 Å².